The summed E-state index contributed by atoms with van der Waals surface area (Å²) in [6, 6.07) is 13.7. The van der Waals surface area contributed by atoms with Crippen LogP contribution in [0.3, 0.4) is 0 Å². The highest BCUT2D eigenvalue weighted by atomic mass is 32.1. The molecule has 0 N–H and O–H groups in total. The Morgan fingerprint density at radius 1 is 1.17 bits per heavy atom. The molecule has 1 aliphatic rings. The van der Waals surface area contributed by atoms with Crippen LogP contribution >= 0.6 is 11.3 Å². The molecule has 0 aliphatic carbocycles. The van der Waals surface area contributed by atoms with Crippen molar-refractivity contribution in [2.45, 2.75) is 25.7 Å². The fraction of sp³-hybridized carbons (Fsp3) is 0.364. The van der Waals surface area contributed by atoms with Gasteiger partial charge in [-0.3, -0.25) is 4.79 Å². The number of anilines is 1. The number of aryl methyl sites for hydroxylation is 1. The minimum absolute atomic E-state index is 0.176. The number of aromatic nitrogens is 2. The lowest BCUT2D eigenvalue weighted by atomic mass is 10.2. The molecule has 1 aromatic carbocycles. The lowest BCUT2D eigenvalue weighted by molar-refractivity contribution is -0.131. The lowest BCUT2D eigenvalue weighted by Gasteiger charge is -2.23. The molecule has 4 rings (SSSR count). The second-order valence-corrected chi connectivity index (χ2v) is 8.17. The van der Waals surface area contributed by atoms with Gasteiger partial charge in [-0.15, -0.1) is 11.3 Å². The van der Waals surface area contributed by atoms with E-state index in [1.165, 1.54) is 0 Å². The summed E-state index contributed by atoms with van der Waals surface area (Å²) in [4.78, 5) is 22.3. The Kier molecular flexibility index (Phi) is 6.40. The van der Waals surface area contributed by atoms with Crippen molar-refractivity contribution in [3.63, 3.8) is 0 Å². The van der Waals surface area contributed by atoms with E-state index in [1.807, 2.05) is 46.7 Å². The minimum Gasteiger partial charge on any atom is -0.370 e. The lowest BCUT2D eigenvalue weighted by Crippen LogP contribution is -2.35. The minimum atomic E-state index is 0.176. The van der Waals surface area contributed by atoms with E-state index in [1.54, 1.807) is 11.3 Å². The zero-order valence-corrected chi connectivity index (χ0v) is 17.5. The number of thiophene rings is 1. The molecule has 3 aromatic rings. The van der Waals surface area contributed by atoms with Gasteiger partial charge in [0.15, 0.2) is 0 Å². The van der Waals surface area contributed by atoms with Gasteiger partial charge in [0, 0.05) is 44.7 Å². The summed E-state index contributed by atoms with van der Waals surface area (Å²) in [5.41, 5.74) is 1.76. The van der Waals surface area contributed by atoms with Crippen molar-refractivity contribution < 1.29 is 9.32 Å². The quantitative estimate of drug-likeness (QED) is 0.603. The summed E-state index contributed by atoms with van der Waals surface area (Å²) >= 11 is 1.58. The van der Waals surface area contributed by atoms with Gasteiger partial charge in [-0.1, -0.05) is 11.2 Å². The Balaban J connectivity index is 1.24. The summed E-state index contributed by atoms with van der Waals surface area (Å²) in [5, 5.41) is 14.9. The van der Waals surface area contributed by atoms with Gasteiger partial charge in [-0.25, -0.2) is 0 Å². The van der Waals surface area contributed by atoms with Crippen molar-refractivity contribution in [1.29, 1.82) is 5.26 Å². The van der Waals surface area contributed by atoms with Crippen LogP contribution in [0.5, 0.6) is 0 Å². The van der Waals surface area contributed by atoms with Crippen LogP contribution in [-0.4, -0.2) is 47.1 Å². The zero-order valence-electron chi connectivity index (χ0n) is 16.7. The molecule has 0 unspecified atom stereocenters. The van der Waals surface area contributed by atoms with E-state index in [4.69, 9.17) is 9.78 Å². The van der Waals surface area contributed by atoms with Gasteiger partial charge in [-0.2, -0.15) is 10.2 Å². The van der Waals surface area contributed by atoms with E-state index in [0.717, 1.165) is 36.6 Å². The van der Waals surface area contributed by atoms with Crippen molar-refractivity contribution in [3.8, 4) is 16.8 Å². The molecule has 0 saturated carbocycles. The highest BCUT2D eigenvalue weighted by Gasteiger charge is 2.19. The molecule has 8 heteroatoms. The number of benzene rings is 1. The second kappa shape index (κ2) is 9.55. The van der Waals surface area contributed by atoms with Gasteiger partial charge >= 0.3 is 0 Å². The zero-order chi connectivity index (χ0) is 20.8. The van der Waals surface area contributed by atoms with E-state index in [0.29, 0.717) is 43.1 Å². The Morgan fingerprint density at radius 3 is 2.80 bits per heavy atom. The first-order chi connectivity index (χ1) is 14.7. The van der Waals surface area contributed by atoms with Crippen LogP contribution in [0.25, 0.3) is 10.7 Å². The van der Waals surface area contributed by atoms with Gasteiger partial charge in [0.1, 0.15) is 0 Å². The molecule has 1 fully saturated rings. The van der Waals surface area contributed by atoms with Crippen LogP contribution in [0.2, 0.25) is 0 Å². The Labute approximate surface area is 179 Å². The number of rotatable bonds is 6. The number of amides is 1. The summed E-state index contributed by atoms with van der Waals surface area (Å²) < 4.78 is 5.31. The molecule has 0 spiro atoms. The van der Waals surface area contributed by atoms with Crippen molar-refractivity contribution in [2.75, 3.05) is 31.1 Å². The largest absolute Gasteiger partial charge is 0.370 e. The van der Waals surface area contributed by atoms with E-state index in [2.05, 4.69) is 21.1 Å². The first kappa shape index (κ1) is 20.1. The molecular formula is C22H23N5O2S. The van der Waals surface area contributed by atoms with Gasteiger partial charge in [0.05, 0.1) is 16.5 Å². The summed E-state index contributed by atoms with van der Waals surface area (Å²) in [7, 11) is 0. The molecule has 0 atom stereocenters. The van der Waals surface area contributed by atoms with E-state index >= 15 is 0 Å². The van der Waals surface area contributed by atoms with Gasteiger partial charge < -0.3 is 14.3 Å². The number of nitrogens with zero attached hydrogens (tertiary/aromatic N) is 5. The van der Waals surface area contributed by atoms with Crippen LogP contribution < -0.4 is 4.90 Å². The maximum Gasteiger partial charge on any atom is 0.226 e. The monoisotopic (exact) mass is 421 g/mol. The SMILES string of the molecule is N#Cc1ccc(N2CCCN(C(=O)CCCc3nc(-c4cccs4)no3)CC2)cc1. The van der Waals surface area contributed by atoms with E-state index < -0.39 is 0 Å². The molecule has 2 aromatic heterocycles. The molecule has 30 heavy (non-hydrogen) atoms. The molecule has 7 nitrogen and oxygen atoms in total. The average Bonchev–Trinajstić information content (AvgIpc) is 3.41. The average molecular weight is 422 g/mol. The maximum absolute atomic E-state index is 12.7. The Bertz CT molecular complexity index is 1010. The maximum atomic E-state index is 12.7. The van der Waals surface area contributed by atoms with Crippen LogP contribution in [0, 0.1) is 11.3 Å². The number of hydrogen-bond acceptors (Lipinski definition) is 7. The Morgan fingerprint density at radius 2 is 2.03 bits per heavy atom. The molecule has 154 valence electrons. The number of carbonyl (C=O) groups is 1. The highest BCUT2D eigenvalue weighted by molar-refractivity contribution is 7.13. The van der Waals surface area contributed by atoms with Crippen LogP contribution in [-0.2, 0) is 11.2 Å². The third-order valence-electron chi connectivity index (χ3n) is 5.20. The van der Waals surface area contributed by atoms with Crippen molar-refractivity contribution in [1.82, 2.24) is 15.0 Å². The molecule has 1 saturated heterocycles. The first-order valence-electron chi connectivity index (χ1n) is 10.1. The third kappa shape index (κ3) is 4.86. The molecule has 1 aliphatic heterocycles. The summed E-state index contributed by atoms with van der Waals surface area (Å²) in [6.07, 6.45) is 2.71. The van der Waals surface area contributed by atoms with Gasteiger partial charge in [0.25, 0.3) is 0 Å². The molecule has 1 amide bonds. The molecule has 3 heterocycles. The van der Waals surface area contributed by atoms with Crippen molar-refractivity contribution >= 4 is 22.9 Å². The van der Waals surface area contributed by atoms with Gasteiger partial charge in [-0.05, 0) is 48.6 Å². The number of carbonyl (C=O) groups excluding carboxylic acids is 1. The first-order valence-corrected chi connectivity index (χ1v) is 11.0. The molecular weight excluding hydrogens is 398 g/mol. The smallest absolute Gasteiger partial charge is 0.226 e. The van der Waals surface area contributed by atoms with Crippen molar-refractivity contribution in [3.05, 3.63) is 53.2 Å². The summed E-state index contributed by atoms with van der Waals surface area (Å²) in [5.74, 6) is 1.37. The van der Waals surface area contributed by atoms with Crippen molar-refractivity contribution in [2.24, 2.45) is 0 Å². The molecule has 0 radical (unpaired) electrons. The third-order valence-corrected chi connectivity index (χ3v) is 6.07. The predicted octanol–water partition coefficient (Wildman–Crippen LogP) is 3.73. The fourth-order valence-electron chi connectivity index (χ4n) is 3.58. The molecule has 0 bridgehead atoms. The predicted molar refractivity (Wildman–Crippen MR) is 115 cm³/mol. The van der Waals surface area contributed by atoms with Crippen LogP contribution in [0.4, 0.5) is 5.69 Å². The topological polar surface area (TPSA) is 86.3 Å². The normalized spacial score (nSPS) is 14.4. The summed E-state index contributed by atoms with van der Waals surface area (Å²) in [6.45, 7) is 3.19. The fourth-order valence-corrected chi connectivity index (χ4v) is 4.23. The standard InChI is InChI=1S/C22H23N5O2S/c23-16-17-7-9-18(10-8-17)26-11-3-12-27(14-13-26)21(28)6-1-5-20-24-22(25-29-20)19-4-2-15-30-19/h2,4,7-10,15H,1,3,5-6,11-14H2. The van der Waals surface area contributed by atoms with Crippen LogP contribution in [0.1, 0.15) is 30.7 Å². The van der Waals surface area contributed by atoms with E-state index in [-0.39, 0.29) is 5.91 Å². The number of nitriles is 1. The van der Waals surface area contributed by atoms with Gasteiger partial charge in [0.2, 0.25) is 17.6 Å². The van der Waals surface area contributed by atoms with Crippen LogP contribution in [0.15, 0.2) is 46.3 Å². The Hall–Kier alpha value is -3.18. The highest BCUT2D eigenvalue weighted by Crippen LogP contribution is 2.22. The number of hydrogen-bond donors (Lipinski definition) is 0. The second-order valence-electron chi connectivity index (χ2n) is 7.22. The van der Waals surface area contributed by atoms with E-state index in [9.17, 15) is 4.79 Å².